The van der Waals surface area contributed by atoms with Crippen molar-refractivity contribution in [2.24, 2.45) is 5.92 Å². The number of benzene rings is 2. The molecule has 2 aromatic carbocycles. The molecule has 0 spiro atoms. The summed E-state index contributed by atoms with van der Waals surface area (Å²) in [4.78, 5) is 17.4. The van der Waals surface area contributed by atoms with Crippen LogP contribution < -0.4 is 5.32 Å². The van der Waals surface area contributed by atoms with Crippen LogP contribution in [0.4, 0.5) is 9.57 Å². The third-order valence-electron chi connectivity index (χ3n) is 5.72. The highest BCUT2D eigenvalue weighted by Gasteiger charge is 2.25. The first kappa shape index (κ1) is 20.2. The fourth-order valence-corrected chi connectivity index (χ4v) is 4.64. The minimum absolute atomic E-state index is 0.0507. The van der Waals surface area contributed by atoms with Crippen molar-refractivity contribution in [3.8, 4) is 0 Å². The first-order valence-electron chi connectivity index (χ1n) is 9.85. The SMILES string of the molecule is O=C(CC1CCC(c2ccnc3ccc(SF)cc23)CC1)Nc1ccc(Cl)cc1. The number of halogens is 2. The number of amides is 1. The number of hydrogen-bond acceptors (Lipinski definition) is 3. The van der Waals surface area contributed by atoms with E-state index in [2.05, 4.69) is 16.4 Å². The molecule has 1 heterocycles. The van der Waals surface area contributed by atoms with Crippen molar-refractivity contribution < 1.29 is 8.68 Å². The fourth-order valence-electron chi connectivity index (χ4n) is 4.24. The van der Waals surface area contributed by atoms with Gasteiger partial charge in [0.2, 0.25) is 5.91 Å². The number of nitrogens with zero attached hydrogens (tertiary/aromatic N) is 1. The molecule has 1 saturated carbocycles. The van der Waals surface area contributed by atoms with Crippen LogP contribution in [0.25, 0.3) is 10.9 Å². The summed E-state index contributed by atoms with van der Waals surface area (Å²) in [7, 11) is 0. The molecule has 1 aliphatic carbocycles. The van der Waals surface area contributed by atoms with Crippen molar-refractivity contribution in [2.75, 3.05) is 5.32 Å². The van der Waals surface area contributed by atoms with Gasteiger partial charge in [0.15, 0.2) is 0 Å². The Balaban J connectivity index is 1.37. The zero-order valence-corrected chi connectivity index (χ0v) is 17.5. The van der Waals surface area contributed by atoms with Crippen LogP contribution in [0.15, 0.2) is 59.6 Å². The van der Waals surface area contributed by atoms with Crippen LogP contribution in [0, 0.1) is 5.92 Å². The highest BCUT2D eigenvalue weighted by molar-refractivity contribution is 7.94. The van der Waals surface area contributed by atoms with E-state index in [0.29, 0.717) is 28.2 Å². The van der Waals surface area contributed by atoms with Crippen LogP contribution in [-0.4, -0.2) is 10.9 Å². The van der Waals surface area contributed by atoms with Gasteiger partial charge in [-0.1, -0.05) is 11.6 Å². The highest BCUT2D eigenvalue weighted by atomic mass is 35.5. The van der Waals surface area contributed by atoms with Gasteiger partial charge in [0, 0.05) is 33.6 Å². The lowest BCUT2D eigenvalue weighted by atomic mass is 9.77. The van der Waals surface area contributed by atoms with E-state index in [4.69, 9.17) is 11.6 Å². The summed E-state index contributed by atoms with van der Waals surface area (Å²) in [6.45, 7) is 0. The molecule has 0 atom stereocenters. The van der Waals surface area contributed by atoms with Crippen LogP contribution in [-0.2, 0) is 4.79 Å². The van der Waals surface area contributed by atoms with E-state index in [-0.39, 0.29) is 18.1 Å². The summed E-state index contributed by atoms with van der Waals surface area (Å²) >= 11 is 6.15. The monoisotopic (exact) mass is 428 g/mol. The number of pyridine rings is 1. The first-order chi connectivity index (χ1) is 14.1. The lowest BCUT2D eigenvalue weighted by Gasteiger charge is -2.29. The molecule has 0 radical (unpaired) electrons. The van der Waals surface area contributed by atoms with Gasteiger partial charge in [-0.15, -0.1) is 0 Å². The van der Waals surface area contributed by atoms with Gasteiger partial charge in [0.1, 0.15) is 0 Å². The molecule has 0 aliphatic heterocycles. The van der Waals surface area contributed by atoms with Crippen molar-refractivity contribution in [2.45, 2.75) is 42.9 Å². The zero-order chi connectivity index (χ0) is 20.2. The Morgan fingerprint density at radius 2 is 1.86 bits per heavy atom. The summed E-state index contributed by atoms with van der Waals surface area (Å²) in [5.74, 6) is 0.870. The van der Waals surface area contributed by atoms with Crippen LogP contribution in [0.2, 0.25) is 5.02 Å². The average molecular weight is 429 g/mol. The van der Waals surface area contributed by atoms with Crippen molar-refractivity contribution in [3.63, 3.8) is 0 Å². The lowest BCUT2D eigenvalue weighted by Crippen LogP contribution is -2.20. The number of rotatable bonds is 5. The highest BCUT2D eigenvalue weighted by Crippen LogP contribution is 2.40. The lowest BCUT2D eigenvalue weighted by molar-refractivity contribution is -0.117. The number of anilines is 1. The quantitative estimate of drug-likeness (QED) is 0.468. The molecule has 1 N–H and O–H groups in total. The molecule has 150 valence electrons. The van der Waals surface area contributed by atoms with Crippen molar-refractivity contribution in [1.29, 1.82) is 0 Å². The second-order valence-electron chi connectivity index (χ2n) is 7.63. The van der Waals surface area contributed by atoms with E-state index in [0.717, 1.165) is 42.3 Å². The molecule has 1 aromatic heterocycles. The molecule has 0 saturated heterocycles. The van der Waals surface area contributed by atoms with Gasteiger partial charge in [-0.05, 0) is 91.6 Å². The van der Waals surface area contributed by atoms with E-state index >= 15 is 0 Å². The van der Waals surface area contributed by atoms with Gasteiger partial charge in [0.25, 0.3) is 0 Å². The smallest absolute Gasteiger partial charge is 0.224 e. The Morgan fingerprint density at radius 3 is 2.59 bits per heavy atom. The maximum atomic E-state index is 13.0. The molecule has 29 heavy (non-hydrogen) atoms. The van der Waals surface area contributed by atoms with E-state index < -0.39 is 0 Å². The van der Waals surface area contributed by atoms with E-state index in [1.54, 1.807) is 18.2 Å². The molecule has 6 heteroatoms. The predicted molar refractivity (Wildman–Crippen MR) is 118 cm³/mol. The topological polar surface area (TPSA) is 42.0 Å². The molecule has 0 bridgehead atoms. The zero-order valence-electron chi connectivity index (χ0n) is 15.9. The second-order valence-corrected chi connectivity index (χ2v) is 8.70. The second kappa shape index (κ2) is 9.14. The average Bonchev–Trinajstić information content (AvgIpc) is 2.75. The Labute approximate surface area is 179 Å². The number of fused-ring (bicyclic) bond motifs is 1. The van der Waals surface area contributed by atoms with E-state index in [1.807, 2.05) is 30.5 Å². The maximum absolute atomic E-state index is 13.0. The van der Waals surface area contributed by atoms with Crippen LogP contribution in [0.3, 0.4) is 0 Å². The number of nitrogens with one attached hydrogen (secondary N) is 1. The van der Waals surface area contributed by atoms with Crippen molar-refractivity contribution in [1.82, 2.24) is 4.98 Å². The predicted octanol–water partition coefficient (Wildman–Crippen LogP) is 7.17. The van der Waals surface area contributed by atoms with Gasteiger partial charge < -0.3 is 5.32 Å². The largest absolute Gasteiger partial charge is 0.326 e. The molecular formula is C23H22ClFN2OS. The number of carbonyl (C=O) groups excluding carboxylic acids is 1. The van der Waals surface area contributed by atoms with Gasteiger partial charge >= 0.3 is 0 Å². The molecule has 1 fully saturated rings. The molecule has 3 nitrogen and oxygen atoms in total. The first-order valence-corrected chi connectivity index (χ1v) is 10.9. The standard InChI is InChI=1S/C23H22ClFN2OS/c24-17-5-7-18(8-6-17)27-23(28)13-15-1-3-16(4-2-15)20-11-12-26-22-10-9-19(29-25)14-21(20)22/h5-12,14-16H,1-4,13H2,(H,27,28). The summed E-state index contributed by atoms with van der Waals surface area (Å²) in [5, 5.41) is 4.65. The molecule has 0 unspecified atom stereocenters. The molecule has 3 aromatic rings. The fraction of sp³-hybridized carbons (Fsp3) is 0.304. The number of hydrogen-bond donors (Lipinski definition) is 1. The van der Waals surface area contributed by atoms with Gasteiger partial charge in [-0.25, -0.2) is 0 Å². The Bertz CT molecular complexity index is 1000. The normalized spacial score (nSPS) is 19.2. The van der Waals surface area contributed by atoms with Crippen LogP contribution in [0.5, 0.6) is 0 Å². The Morgan fingerprint density at radius 1 is 1.10 bits per heavy atom. The van der Waals surface area contributed by atoms with E-state index in [9.17, 15) is 8.68 Å². The molecule has 4 rings (SSSR count). The summed E-state index contributed by atoms with van der Waals surface area (Å²) in [6.07, 6.45) is 6.47. The molecular weight excluding hydrogens is 407 g/mol. The minimum Gasteiger partial charge on any atom is -0.326 e. The van der Waals surface area contributed by atoms with Gasteiger partial charge in [-0.3, -0.25) is 9.78 Å². The van der Waals surface area contributed by atoms with Gasteiger partial charge in [-0.2, -0.15) is 3.89 Å². The molecule has 1 amide bonds. The number of aromatic nitrogens is 1. The summed E-state index contributed by atoms with van der Waals surface area (Å²) in [6, 6.07) is 14.8. The third-order valence-corrected chi connectivity index (χ3v) is 6.41. The van der Waals surface area contributed by atoms with Crippen molar-refractivity contribution >= 4 is 46.2 Å². The van der Waals surface area contributed by atoms with Gasteiger partial charge in [0.05, 0.1) is 17.7 Å². The Hall–Kier alpha value is -2.11. The van der Waals surface area contributed by atoms with Crippen LogP contribution >= 0.6 is 23.7 Å². The molecule has 1 aliphatic rings. The summed E-state index contributed by atoms with van der Waals surface area (Å²) in [5.41, 5.74) is 2.93. The maximum Gasteiger partial charge on any atom is 0.224 e. The summed E-state index contributed by atoms with van der Waals surface area (Å²) < 4.78 is 13.0. The Kier molecular flexibility index (Phi) is 6.36. The third kappa shape index (κ3) is 4.90. The number of carbonyl (C=O) groups is 1. The van der Waals surface area contributed by atoms with E-state index in [1.165, 1.54) is 5.56 Å². The van der Waals surface area contributed by atoms with Crippen LogP contribution in [0.1, 0.15) is 43.6 Å². The minimum atomic E-state index is 0.0507. The van der Waals surface area contributed by atoms with Crippen molar-refractivity contribution in [3.05, 3.63) is 65.3 Å².